The van der Waals surface area contributed by atoms with Crippen LogP contribution >= 0.6 is 0 Å². The highest BCUT2D eigenvalue weighted by molar-refractivity contribution is 5.87. The molecule has 3 aliphatic heterocycles. The van der Waals surface area contributed by atoms with Crippen molar-refractivity contribution >= 4 is 5.78 Å². The number of ketones is 1. The molecule has 1 aliphatic carbocycles. The van der Waals surface area contributed by atoms with Gasteiger partial charge in [-0.2, -0.15) is 0 Å². The van der Waals surface area contributed by atoms with Crippen molar-refractivity contribution in [3.63, 3.8) is 0 Å². The summed E-state index contributed by atoms with van der Waals surface area (Å²) in [6.07, 6.45) is -22.3. The maximum absolute atomic E-state index is 12.6. The molecule has 1 saturated carbocycles. The smallest absolute Gasteiger partial charge is 0.221 e. The van der Waals surface area contributed by atoms with Gasteiger partial charge in [0, 0.05) is 18.6 Å². The molecule has 4 rings (SSSR count). The van der Waals surface area contributed by atoms with E-state index in [0.29, 0.717) is 0 Å². The lowest BCUT2D eigenvalue weighted by Crippen LogP contribution is -2.66. The molecule has 0 unspecified atom stereocenters. The predicted molar refractivity (Wildman–Crippen MR) is 133 cm³/mol. The molecule has 0 bridgehead atoms. The fourth-order valence-electron chi connectivity index (χ4n) is 5.53. The minimum atomic E-state index is -1.94. The molecule has 0 amide bonds. The normalized spacial score (nSPS) is 52.0. The number of aliphatic hydroxyl groups excluding tert-OH is 8. The second-order valence-electron chi connectivity index (χ2n) is 10.9. The highest BCUT2D eigenvalue weighted by Crippen LogP contribution is 2.34. The highest BCUT2D eigenvalue weighted by Gasteiger charge is 2.54. The van der Waals surface area contributed by atoms with Gasteiger partial charge in [-0.1, -0.05) is 0 Å². The molecule has 0 aromatic rings. The molecular formula is C23H42N4O15. The Morgan fingerprint density at radius 1 is 0.667 bits per heavy atom. The third-order valence-corrected chi connectivity index (χ3v) is 8.09. The van der Waals surface area contributed by atoms with E-state index in [0.717, 1.165) is 0 Å². The number of hydrogen-bond acceptors (Lipinski definition) is 19. The van der Waals surface area contributed by atoms with Crippen molar-refractivity contribution in [3.05, 3.63) is 0 Å². The minimum Gasteiger partial charge on any atom is -0.394 e. The average Bonchev–Trinajstić information content (AvgIpc) is 3.27. The van der Waals surface area contributed by atoms with Gasteiger partial charge >= 0.3 is 0 Å². The van der Waals surface area contributed by atoms with E-state index >= 15 is 0 Å². The summed E-state index contributed by atoms with van der Waals surface area (Å²) in [5.74, 6) is -1.07. The molecule has 3 heterocycles. The molecule has 0 aromatic heterocycles. The Labute approximate surface area is 239 Å². The molecule has 3 saturated heterocycles. The molecular weight excluding hydrogens is 572 g/mol. The van der Waals surface area contributed by atoms with Crippen molar-refractivity contribution in [1.29, 1.82) is 0 Å². The van der Waals surface area contributed by atoms with Crippen LogP contribution in [0.25, 0.3) is 0 Å². The Bertz CT molecular complexity index is 908. The average molecular weight is 615 g/mol. The third kappa shape index (κ3) is 6.49. The van der Waals surface area contributed by atoms with Crippen LogP contribution in [0.3, 0.4) is 0 Å². The van der Waals surface area contributed by atoms with E-state index in [2.05, 4.69) is 0 Å². The van der Waals surface area contributed by atoms with Gasteiger partial charge in [0.25, 0.3) is 0 Å². The van der Waals surface area contributed by atoms with Crippen LogP contribution in [0.1, 0.15) is 6.42 Å². The monoisotopic (exact) mass is 614 g/mol. The van der Waals surface area contributed by atoms with Gasteiger partial charge in [-0.15, -0.1) is 0 Å². The molecule has 4 fully saturated rings. The predicted octanol–water partition coefficient (Wildman–Crippen LogP) is -8.62. The van der Waals surface area contributed by atoms with Crippen LogP contribution in [0.15, 0.2) is 0 Å². The summed E-state index contributed by atoms with van der Waals surface area (Å²) in [6, 6.07) is -3.19. The zero-order valence-corrected chi connectivity index (χ0v) is 22.5. The molecule has 4 aliphatic rings. The van der Waals surface area contributed by atoms with Gasteiger partial charge in [-0.25, -0.2) is 0 Å². The Kier molecular flexibility index (Phi) is 11.2. The first kappa shape index (κ1) is 33.8. The van der Waals surface area contributed by atoms with Gasteiger partial charge in [0.15, 0.2) is 12.6 Å². The van der Waals surface area contributed by atoms with Crippen molar-refractivity contribution in [3.8, 4) is 0 Å². The Morgan fingerprint density at radius 2 is 1.29 bits per heavy atom. The van der Waals surface area contributed by atoms with Crippen molar-refractivity contribution in [2.24, 2.45) is 22.9 Å². The maximum Gasteiger partial charge on any atom is 0.221 e. The lowest BCUT2D eigenvalue weighted by molar-refractivity contribution is -0.291. The molecule has 244 valence electrons. The third-order valence-electron chi connectivity index (χ3n) is 8.09. The van der Waals surface area contributed by atoms with Gasteiger partial charge in [0.2, 0.25) is 12.1 Å². The summed E-state index contributed by atoms with van der Waals surface area (Å²) in [5.41, 5.74) is 23.8. The number of carbonyl (C=O) groups is 1. The maximum atomic E-state index is 12.6. The zero-order chi connectivity index (χ0) is 31.0. The van der Waals surface area contributed by atoms with E-state index in [1.807, 2.05) is 0 Å². The zero-order valence-electron chi connectivity index (χ0n) is 22.5. The second-order valence-corrected chi connectivity index (χ2v) is 10.9. The van der Waals surface area contributed by atoms with Crippen molar-refractivity contribution in [2.45, 2.75) is 117 Å². The first-order chi connectivity index (χ1) is 19.8. The Balaban J connectivity index is 1.50. The summed E-state index contributed by atoms with van der Waals surface area (Å²) in [6.45, 7) is -1.63. The second kappa shape index (κ2) is 13.9. The Hall–Kier alpha value is -1.05. The molecule has 42 heavy (non-hydrogen) atoms. The van der Waals surface area contributed by atoms with Crippen LogP contribution in [-0.4, -0.2) is 177 Å². The van der Waals surface area contributed by atoms with Gasteiger partial charge in [-0.3, -0.25) is 4.79 Å². The number of hydrogen-bond donors (Lipinski definition) is 12. The molecule has 0 radical (unpaired) electrons. The minimum absolute atomic E-state index is 0.00627. The fourth-order valence-corrected chi connectivity index (χ4v) is 5.53. The standard InChI is InChI=1S/C23H42N4O15/c24-2-7-12(31)14(33)10(27)21(37-7)41-19-9(4-29)39-23(17(19)36)42-20-11(30)5(25)1-6(26)18(20)40-22-16(35)15(34)13(32)8(3-28)38-22/h5-15,17-23,28-34,36H,1-4,24-27H2/t5-,6+,7+,8-,9-,10-,11+,12-,13-,14-,15+,17-,18-,19-,20-,21-,22-,23+/m1/s1. The number of rotatable bonds is 9. The first-order valence-electron chi connectivity index (χ1n) is 13.6. The van der Waals surface area contributed by atoms with Crippen LogP contribution < -0.4 is 22.9 Å². The van der Waals surface area contributed by atoms with E-state index < -0.39 is 129 Å². The van der Waals surface area contributed by atoms with Crippen LogP contribution in [0.5, 0.6) is 0 Å². The lowest BCUT2D eigenvalue weighted by Gasteiger charge is -2.45. The molecule has 19 nitrogen and oxygen atoms in total. The quantitative estimate of drug-likeness (QED) is 0.115. The fraction of sp³-hybridized carbons (Fsp3) is 0.957. The summed E-state index contributed by atoms with van der Waals surface area (Å²) < 4.78 is 33.8. The van der Waals surface area contributed by atoms with Crippen LogP contribution in [0.2, 0.25) is 0 Å². The van der Waals surface area contributed by atoms with Crippen molar-refractivity contribution < 1.29 is 74.1 Å². The van der Waals surface area contributed by atoms with E-state index in [9.17, 15) is 45.6 Å². The SMILES string of the molecule is NC[C@@H]1O[C@H](O[C@H]2[C@@H](O)[C@H](O[C@@H]3[C@@H](O)[C@H](N)C[C@H](N)[C@H]3O[C@H]3O[C@H](CO)[C@@H](O)[C@H](O)C3=O)O[C@@H]2CO)[C@H](N)[C@@H](O)[C@@H]1O. The summed E-state index contributed by atoms with van der Waals surface area (Å²) >= 11 is 0. The summed E-state index contributed by atoms with van der Waals surface area (Å²) in [5, 5.41) is 81.7. The number of carbonyl (C=O) groups excluding carboxylic acids is 1. The Morgan fingerprint density at radius 3 is 1.90 bits per heavy atom. The van der Waals surface area contributed by atoms with E-state index in [1.54, 1.807) is 0 Å². The van der Waals surface area contributed by atoms with Gasteiger partial charge in [-0.05, 0) is 6.42 Å². The molecule has 16 N–H and O–H groups in total. The largest absolute Gasteiger partial charge is 0.394 e. The molecule has 19 heteroatoms. The van der Waals surface area contributed by atoms with Crippen LogP contribution in [-0.2, 0) is 33.2 Å². The molecule has 0 aromatic carbocycles. The van der Waals surface area contributed by atoms with E-state index in [1.165, 1.54) is 0 Å². The number of ether oxygens (including phenoxy) is 6. The molecule has 18 atom stereocenters. The molecule has 0 spiro atoms. The topological polar surface area (TPSA) is 338 Å². The number of Topliss-reactive ketones (excluding diaryl/α,β-unsaturated/α-hetero) is 1. The summed E-state index contributed by atoms with van der Waals surface area (Å²) in [4.78, 5) is 12.6. The van der Waals surface area contributed by atoms with Crippen LogP contribution in [0.4, 0.5) is 0 Å². The van der Waals surface area contributed by atoms with Gasteiger partial charge < -0.3 is 92.2 Å². The number of nitrogens with two attached hydrogens (primary N) is 4. The van der Waals surface area contributed by atoms with E-state index in [-0.39, 0.29) is 13.0 Å². The van der Waals surface area contributed by atoms with E-state index in [4.69, 9.17) is 51.4 Å². The summed E-state index contributed by atoms with van der Waals surface area (Å²) in [7, 11) is 0. The van der Waals surface area contributed by atoms with Gasteiger partial charge in [0.1, 0.15) is 67.1 Å². The van der Waals surface area contributed by atoms with Crippen LogP contribution in [0, 0.1) is 0 Å². The number of aliphatic hydroxyl groups is 8. The van der Waals surface area contributed by atoms with Gasteiger partial charge in [0.05, 0.1) is 25.4 Å². The lowest BCUT2D eigenvalue weighted by atomic mass is 9.84. The van der Waals surface area contributed by atoms with Crippen molar-refractivity contribution in [2.75, 3.05) is 19.8 Å². The highest BCUT2D eigenvalue weighted by atomic mass is 16.8. The van der Waals surface area contributed by atoms with Crippen molar-refractivity contribution in [1.82, 2.24) is 0 Å². The first-order valence-corrected chi connectivity index (χ1v) is 13.6.